The van der Waals surface area contributed by atoms with Gasteiger partial charge >= 0.3 is 0 Å². The largest absolute Gasteiger partial charge is 0.492 e. The summed E-state index contributed by atoms with van der Waals surface area (Å²) in [5.74, 6) is 0.754. The highest BCUT2D eigenvalue weighted by molar-refractivity contribution is 6.23. The predicted octanol–water partition coefficient (Wildman–Crippen LogP) is 2.79. The molecule has 4 nitrogen and oxygen atoms in total. The SMILES string of the molecule is CCOc1ccccc1N1C(=O)[C@@H]2[C@H](C1=O)[C@@H]1C=C[C@H]2C12CC2. The summed E-state index contributed by atoms with van der Waals surface area (Å²) in [6.45, 7) is 2.41. The van der Waals surface area contributed by atoms with Gasteiger partial charge in [0.05, 0.1) is 24.1 Å². The van der Waals surface area contributed by atoms with Crippen molar-refractivity contribution < 1.29 is 14.3 Å². The Kier molecular flexibility index (Phi) is 2.47. The van der Waals surface area contributed by atoms with Gasteiger partial charge in [-0.15, -0.1) is 0 Å². The lowest BCUT2D eigenvalue weighted by Crippen LogP contribution is -2.35. The standard InChI is InChI=1S/C19H19NO3/c1-2-23-14-6-4-3-5-13(14)20-17(21)15-11-7-8-12(16(15)18(20)22)19(11)9-10-19/h3-8,11-12,15-16H,2,9-10H2,1H3/t11-,12+,15+,16-. The number of rotatable bonds is 3. The number of imide groups is 1. The number of amides is 2. The van der Waals surface area contributed by atoms with Crippen molar-refractivity contribution in [1.29, 1.82) is 0 Å². The maximum Gasteiger partial charge on any atom is 0.238 e. The maximum atomic E-state index is 13.1. The van der Waals surface area contributed by atoms with Gasteiger partial charge in [0, 0.05) is 0 Å². The van der Waals surface area contributed by atoms with Crippen molar-refractivity contribution in [2.75, 3.05) is 11.5 Å². The molecule has 2 bridgehead atoms. The summed E-state index contributed by atoms with van der Waals surface area (Å²) in [5, 5.41) is 0. The number of benzene rings is 1. The summed E-state index contributed by atoms with van der Waals surface area (Å²) < 4.78 is 5.63. The molecule has 4 aliphatic rings. The minimum absolute atomic E-state index is 0.0321. The molecule has 23 heavy (non-hydrogen) atoms. The molecule has 0 N–H and O–H groups in total. The summed E-state index contributed by atoms with van der Waals surface area (Å²) in [6.07, 6.45) is 6.72. The zero-order valence-corrected chi connectivity index (χ0v) is 13.1. The Morgan fingerprint density at radius 1 is 1.09 bits per heavy atom. The highest BCUT2D eigenvalue weighted by atomic mass is 16.5. The average Bonchev–Trinajstić information content (AvgIpc) is 3.15. The van der Waals surface area contributed by atoms with Crippen LogP contribution in [-0.2, 0) is 9.59 Å². The molecule has 4 atom stereocenters. The van der Waals surface area contributed by atoms with Gasteiger partial charge in [-0.25, -0.2) is 4.90 Å². The Balaban J connectivity index is 1.56. The van der Waals surface area contributed by atoms with E-state index in [0.717, 1.165) is 0 Å². The van der Waals surface area contributed by atoms with Gasteiger partial charge in [-0.2, -0.15) is 0 Å². The van der Waals surface area contributed by atoms with Crippen molar-refractivity contribution >= 4 is 17.5 Å². The number of carbonyl (C=O) groups is 2. The molecule has 1 aromatic carbocycles. The molecule has 3 fully saturated rings. The van der Waals surface area contributed by atoms with Crippen LogP contribution in [0.2, 0.25) is 0 Å². The first-order chi connectivity index (χ1) is 11.2. The molecule has 1 aliphatic heterocycles. The Bertz CT molecular complexity index is 715. The molecule has 1 saturated heterocycles. The van der Waals surface area contributed by atoms with E-state index in [0.29, 0.717) is 18.0 Å². The van der Waals surface area contributed by atoms with Gasteiger partial charge in [-0.3, -0.25) is 9.59 Å². The quantitative estimate of drug-likeness (QED) is 0.637. The van der Waals surface area contributed by atoms with Gasteiger partial charge in [0.15, 0.2) is 0 Å². The van der Waals surface area contributed by atoms with Crippen LogP contribution in [0.3, 0.4) is 0 Å². The van der Waals surface area contributed by atoms with Gasteiger partial charge in [-0.1, -0.05) is 24.3 Å². The first-order valence-electron chi connectivity index (χ1n) is 8.47. The van der Waals surface area contributed by atoms with E-state index in [9.17, 15) is 9.59 Å². The zero-order chi connectivity index (χ0) is 15.8. The monoisotopic (exact) mass is 309 g/mol. The van der Waals surface area contributed by atoms with E-state index in [1.165, 1.54) is 17.7 Å². The summed E-state index contributed by atoms with van der Waals surface area (Å²) in [6, 6.07) is 7.35. The number of hydrogen-bond donors (Lipinski definition) is 0. The van der Waals surface area contributed by atoms with Crippen LogP contribution in [0.1, 0.15) is 19.8 Å². The van der Waals surface area contributed by atoms with Crippen molar-refractivity contribution in [2.24, 2.45) is 29.1 Å². The van der Waals surface area contributed by atoms with E-state index in [-0.39, 0.29) is 40.9 Å². The van der Waals surface area contributed by atoms with Crippen LogP contribution in [0.5, 0.6) is 5.75 Å². The minimum atomic E-state index is -0.158. The van der Waals surface area contributed by atoms with Crippen molar-refractivity contribution in [1.82, 2.24) is 0 Å². The third-order valence-electron chi connectivity index (χ3n) is 6.26. The molecule has 5 rings (SSSR count). The van der Waals surface area contributed by atoms with Crippen molar-refractivity contribution in [3.05, 3.63) is 36.4 Å². The lowest BCUT2D eigenvalue weighted by molar-refractivity contribution is -0.123. The van der Waals surface area contributed by atoms with Crippen LogP contribution in [0.15, 0.2) is 36.4 Å². The smallest absolute Gasteiger partial charge is 0.238 e. The molecule has 4 heteroatoms. The van der Waals surface area contributed by atoms with Crippen LogP contribution < -0.4 is 9.64 Å². The van der Waals surface area contributed by atoms with Gasteiger partial charge in [-0.05, 0) is 49.1 Å². The van der Waals surface area contributed by atoms with Crippen molar-refractivity contribution in [3.63, 3.8) is 0 Å². The molecule has 1 heterocycles. The Morgan fingerprint density at radius 3 is 2.26 bits per heavy atom. The number of para-hydroxylation sites is 2. The van der Waals surface area contributed by atoms with Crippen molar-refractivity contribution in [2.45, 2.75) is 19.8 Å². The Labute approximate surface area is 135 Å². The third kappa shape index (κ3) is 1.47. The minimum Gasteiger partial charge on any atom is -0.492 e. The first-order valence-corrected chi connectivity index (χ1v) is 8.47. The molecule has 1 aromatic rings. The number of anilines is 1. The predicted molar refractivity (Wildman–Crippen MR) is 84.9 cm³/mol. The van der Waals surface area contributed by atoms with E-state index in [4.69, 9.17) is 4.74 Å². The highest BCUT2D eigenvalue weighted by Gasteiger charge is 2.73. The number of ether oxygens (including phenoxy) is 1. The van der Waals surface area contributed by atoms with Gasteiger partial charge in [0.25, 0.3) is 0 Å². The fourth-order valence-electron chi connectivity index (χ4n) is 5.24. The van der Waals surface area contributed by atoms with E-state index >= 15 is 0 Å². The maximum absolute atomic E-state index is 13.1. The first kappa shape index (κ1) is 13.3. The van der Waals surface area contributed by atoms with Gasteiger partial charge in [0.1, 0.15) is 5.75 Å². The molecular formula is C19H19NO3. The summed E-state index contributed by atoms with van der Waals surface area (Å²) in [7, 11) is 0. The molecule has 2 saturated carbocycles. The second-order valence-corrected chi connectivity index (χ2v) is 7.13. The molecule has 118 valence electrons. The average molecular weight is 309 g/mol. The third-order valence-corrected chi connectivity index (χ3v) is 6.26. The topological polar surface area (TPSA) is 46.6 Å². The number of fused-ring (bicyclic) bond motifs is 3. The second-order valence-electron chi connectivity index (χ2n) is 7.13. The molecule has 0 radical (unpaired) electrons. The number of carbonyl (C=O) groups excluding carboxylic acids is 2. The van der Waals surface area contributed by atoms with Crippen LogP contribution in [0, 0.1) is 29.1 Å². The lowest BCUT2D eigenvalue weighted by Gasteiger charge is -2.23. The normalized spacial score (nSPS) is 35.3. The van der Waals surface area contributed by atoms with Crippen LogP contribution >= 0.6 is 0 Å². The molecule has 2 amide bonds. The number of allylic oxidation sites excluding steroid dienone is 2. The molecule has 0 aromatic heterocycles. The molecule has 3 aliphatic carbocycles. The van der Waals surface area contributed by atoms with E-state index in [1.54, 1.807) is 0 Å². The van der Waals surface area contributed by atoms with Crippen LogP contribution in [0.4, 0.5) is 5.69 Å². The van der Waals surface area contributed by atoms with E-state index < -0.39 is 0 Å². The fourth-order valence-corrected chi connectivity index (χ4v) is 5.24. The Hall–Kier alpha value is -2.10. The van der Waals surface area contributed by atoms with Gasteiger partial charge < -0.3 is 4.74 Å². The number of nitrogens with zero attached hydrogens (tertiary/aromatic N) is 1. The molecular weight excluding hydrogens is 290 g/mol. The fraction of sp³-hybridized carbons (Fsp3) is 0.474. The summed E-state index contributed by atoms with van der Waals surface area (Å²) in [5.41, 5.74) is 0.842. The van der Waals surface area contributed by atoms with E-state index in [1.807, 2.05) is 31.2 Å². The van der Waals surface area contributed by atoms with Crippen molar-refractivity contribution in [3.8, 4) is 5.75 Å². The molecule has 0 unspecified atom stereocenters. The lowest BCUT2D eigenvalue weighted by atomic mass is 9.85. The zero-order valence-electron chi connectivity index (χ0n) is 13.1. The summed E-state index contributed by atoms with van der Waals surface area (Å²) >= 11 is 0. The van der Waals surface area contributed by atoms with Crippen LogP contribution in [-0.4, -0.2) is 18.4 Å². The second kappa shape index (κ2) is 4.25. The molecule has 1 spiro atoms. The highest BCUT2D eigenvalue weighted by Crippen LogP contribution is 2.73. The van der Waals surface area contributed by atoms with Crippen LogP contribution in [0.25, 0.3) is 0 Å². The summed E-state index contributed by atoms with van der Waals surface area (Å²) in [4.78, 5) is 27.5. The Morgan fingerprint density at radius 2 is 1.70 bits per heavy atom. The number of hydrogen-bond acceptors (Lipinski definition) is 3. The van der Waals surface area contributed by atoms with Gasteiger partial charge in [0.2, 0.25) is 11.8 Å². The van der Waals surface area contributed by atoms with E-state index in [2.05, 4.69) is 12.2 Å².